The first-order chi connectivity index (χ1) is 17.6. The Hall–Kier alpha value is -3.48. The highest BCUT2D eigenvalue weighted by atomic mass is 16.5. The molecule has 0 spiro atoms. The predicted molar refractivity (Wildman–Crippen MR) is 143 cm³/mol. The fourth-order valence-electron chi connectivity index (χ4n) is 4.76. The SMILES string of the molecule is Cc1ccc(CNC2CCN(CCCOc3cc(=O)oc4cc(-c5cccnc5)ccc34)CC2)cc1. The molecule has 5 rings (SSSR count). The average molecular weight is 484 g/mol. The van der Waals surface area contributed by atoms with Crippen molar-refractivity contribution in [1.82, 2.24) is 15.2 Å². The molecule has 0 amide bonds. The van der Waals surface area contributed by atoms with Crippen LogP contribution in [0.25, 0.3) is 22.1 Å². The molecule has 1 aliphatic heterocycles. The number of piperidine rings is 1. The molecule has 0 atom stereocenters. The lowest BCUT2D eigenvalue weighted by Gasteiger charge is -2.32. The van der Waals surface area contributed by atoms with E-state index in [-0.39, 0.29) is 0 Å². The number of benzene rings is 2. The van der Waals surface area contributed by atoms with Crippen molar-refractivity contribution in [3.05, 3.63) is 94.6 Å². The van der Waals surface area contributed by atoms with Gasteiger partial charge in [-0.3, -0.25) is 4.98 Å². The fraction of sp³-hybridized carbons (Fsp3) is 0.333. The van der Waals surface area contributed by atoms with Gasteiger partial charge in [-0.05, 0) is 68.6 Å². The molecule has 0 unspecified atom stereocenters. The van der Waals surface area contributed by atoms with Gasteiger partial charge in [-0.2, -0.15) is 0 Å². The highest BCUT2D eigenvalue weighted by Gasteiger charge is 2.18. The molecule has 2 aromatic carbocycles. The number of aromatic nitrogens is 1. The van der Waals surface area contributed by atoms with E-state index in [1.807, 2.05) is 30.3 Å². The molecule has 1 N–H and O–H groups in total. The monoisotopic (exact) mass is 483 g/mol. The first-order valence-corrected chi connectivity index (χ1v) is 12.8. The Kier molecular flexibility index (Phi) is 7.74. The molecule has 186 valence electrons. The van der Waals surface area contributed by atoms with Crippen LogP contribution in [0, 0.1) is 6.92 Å². The third-order valence-electron chi connectivity index (χ3n) is 6.88. The predicted octanol–water partition coefficient (Wildman–Crippen LogP) is 5.19. The summed E-state index contributed by atoms with van der Waals surface area (Å²) >= 11 is 0. The van der Waals surface area contributed by atoms with Crippen LogP contribution in [0.2, 0.25) is 0 Å². The van der Waals surface area contributed by atoms with Gasteiger partial charge >= 0.3 is 5.63 Å². The van der Waals surface area contributed by atoms with Crippen LogP contribution >= 0.6 is 0 Å². The van der Waals surface area contributed by atoms with Gasteiger partial charge in [0.1, 0.15) is 11.3 Å². The van der Waals surface area contributed by atoms with Crippen molar-refractivity contribution < 1.29 is 9.15 Å². The van der Waals surface area contributed by atoms with E-state index in [1.165, 1.54) is 17.2 Å². The molecule has 0 saturated carbocycles. The summed E-state index contributed by atoms with van der Waals surface area (Å²) in [6, 6.07) is 20.5. The molecular formula is C30H33N3O3. The van der Waals surface area contributed by atoms with Crippen LogP contribution in [0.4, 0.5) is 0 Å². The van der Waals surface area contributed by atoms with Crippen LogP contribution in [-0.4, -0.2) is 42.2 Å². The quantitative estimate of drug-likeness (QED) is 0.261. The Morgan fingerprint density at radius 3 is 2.67 bits per heavy atom. The van der Waals surface area contributed by atoms with Crippen molar-refractivity contribution in [1.29, 1.82) is 0 Å². The molecular weight excluding hydrogens is 450 g/mol. The van der Waals surface area contributed by atoms with Crippen molar-refractivity contribution >= 4 is 11.0 Å². The first kappa shape index (κ1) is 24.2. The van der Waals surface area contributed by atoms with Crippen LogP contribution in [-0.2, 0) is 6.54 Å². The number of likely N-dealkylation sites (tertiary alicyclic amines) is 1. The summed E-state index contributed by atoms with van der Waals surface area (Å²) in [5.41, 5.74) is 4.70. The van der Waals surface area contributed by atoms with Crippen molar-refractivity contribution in [2.75, 3.05) is 26.2 Å². The Bertz CT molecular complexity index is 1330. The Balaban J connectivity index is 1.09. The van der Waals surface area contributed by atoms with Crippen molar-refractivity contribution in [3.8, 4) is 16.9 Å². The number of ether oxygens (including phenoxy) is 1. The number of aryl methyl sites for hydroxylation is 1. The van der Waals surface area contributed by atoms with Gasteiger partial charge in [0.15, 0.2) is 0 Å². The maximum Gasteiger partial charge on any atom is 0.339 e. The maximum absolute atomic E-state index is 12.1. The average Bonchev–Trinajstić information content (AvgIpc) is 2.91. The van der Waals surface area contributed by atoms with E-state index in [1.54, 1.807) is 12.4 Å². The van der Waals surface area contributed by atoms with Crippen LogP contribution in [0.15, 0.2) is 82.3 Å². The van der Waals surface area contributed by atoms with Crippen molar-refractivity contribution in [3.63, 3.8) is 0 Å². The molecule has 0 bridgehead atoms. The fourth-order valence-corrected chi connectivity index (χ4v) is 4.76. The van der Waals surface area contributed by atoms with Gasteiger partial charge in [-0.15, -0.1) is 0 Å². The molecule has 4 aromatic rings. The highest BCUT2D eigenvalue weighted by molar-refractivity contribution is 5.87. The normalized spacial score (nSPS) is 14.8. The molecule has 3 heterocycles. The summed E-state index contributed by atoms with van der Waals surface area (Å²) in [6.07, 6.45) is 6.77. The molecule has 1 saturated heterocycles. The van der Waals surface area contributed by atoms with Gasteiger partial charge in [-0.1, -0.05) is 42.0 Å². The zero-order valence-corrected chi connectivity index (χ0v) is 20.8. The number of hydrogen-bond donors (Lipinski definition) is 1. The number of nitrogens with one attached hydrogen (secondary N) is 1. The van der Waals surface area contributed by atoms with Gasteiger partial charge in [-0.25, -0.2) is 4.79 Å². The zero-order valence-electron chi connectivity index (χ0n) is 20.8. The van der Waals surface area contributed by atoms with E-state index < -0.39 is 5.63 Å². The van der Waals surface area contributed by atoms with E-state index in [0.29, 0.717) is 24.0 Å². The zero-order chi connectivity index (χ0) is 24.7. The standard InChI is InChI=1S/C30H33N3O3/c1-22-5-7-23(8-6-22)20-32-26-11-15-33(16-12-26)14-3-17-35-28-19-30(34)36-29-18-24(9-10-27(28)29)25-4-2-13-31-21-25/h2,4-10,13,18-19,21,26,32H,3,11-12,14-17,20H2,1H3. The minimum atomic E-state index is -0.402. The summed E-state index contributed by atoms with van der Waals surface area (Å²) in [5.74, 6) is 0.581. The first-order valence-electron chi connectivity index (χ1n) is 12.8. The Morgan fingerprint density at radius 2 is 1.89 bits per heavy atom. The lowest BCUT2D eigenvalue weighted by molar-refractivity contribution is 0.182. The second-order valence-electron chi connectivity index (χ2n) is 9.57. The number of pyridine rings is 1. The molecule has 0 radical (unpaired) electrons. The van der Waals surface area contributed by atoms with E-state index >= 15 is 0 Å². The summed E-state index contributed by atoms with van der Waals surface area (Å²) in [5, 5.41) is 4.52. The minimum absolute atomic E-state index is 0.402. The molecule has 6 heteroatoms. The molecule has 6 nitrogen and oxygen atoms in total. The summed E-state index contributed by atoms with van der Waals surface area (Å²) in [7, 11) is 0. The van der Waals surface area contributed by atoms with Crippen LogP contribution in [0.5, 0.6) is 5.75 Å². The summed E-state index contributed by atoms with van der Waals surface area (Å²) < 4.78 is 11.5. The Morgan fingerprint density at radius 1 is 1.06 bits per heavy atom. The van der Waals surface area contributed by atoms with Crippen molar-refractivity contribution in [2.45, 2.75) is 38.8 Å². The van der Waals surface area contributed by atoms with Crippen LogP contribution in [0.1, 0.15) is 30.4 Å². The van der Waals surface area contributed by atoms with E-state index in [0.717, 1.165) is 62.0 Å². The van der Waals surface area contributed by atoms with E-state index in [9.17, 15) is 4.79 Å². The number of hydrogen-bond acceptors (Lipinski definition) is 6. The molecule has 2 aromatic heterocycles. The molecule has 0 aliphatic carbocycles. The molecule has 36 heavy (non-hydrogen) atoms. The summed E-state index contributed by atoms with van der Waals surface area (Å²) in [4.78, 5) is 18.8. The Labute approximate surface area is 211 Å². The van der Waals surface area contributed by atoms with Gasteiger partial charge in [0.2, 0.25) is 0 Å². The van der Waals surface area contributed by atoms with Gasteiger partial charge in [0, 0.05) is 37.1 Å². The summed E-state index contributed by atoms with van der Waals surface area (Å²) in [6.45, 7) is 6.81. The third kappa shape index (κ3) is 6.20. The lowest BCUT2D eigenvalue weighted by Crippen LogP contribution is -2.42. The number of nitrogens with zero attached hydrogens (tertiary/aromatic N) is 2. The largest absolute Gasteiger partial charge is 0.492 e. The molecule has 1 aliphatic rings. The maximum atomic E-state index is 12.1. The lowest BCUT2D eigenvalue weighted by atomic mass is 10.0. The van der Waals surface area contributed by atoms with Gasteiger partial charge in [0.05, 0.1) is 18.1 Å². The molecule has 1 fully saturated rings. The van der Waals surface area contributed by atoms with Crippen LogP contribution < -0.4 is 15.7 Å². The van der Waals surface area contributed by atoms with Crippen LogP contribution in [0.3, 0.4) is 0 Å². The van der Waals surface area contributed by atoms with Crippen molar-refractivity contribution in [2.24, 2.45) is 0 Å². The van der Waals surface area contributed by atoms with E-state index in [4.69, 9.17) is 9.15 Å². The van der Waals surface area contributed by atoms with Gasteiger partial charge in [0.25, 0.3) is 0 Å². The second kappa shape index (κ2) is 11.5. The number of fused-ring (bicyclic) bond motifs is 1. The van der Waals surface area contributed by atoms with Gasteiger partial charge < -0.3 is 19.4 Å². The highest BCUT2D eigenvalue weighted by Crippen LogP contribution is 2.28. The third-order valence-corrected chi connectivity index (χ3v) is 6.88. The smallest absolute Gasteiger partial charge is 0.339 e. The number of rotatable bonds is 9. The van der Waals surface area contributed by atoms with E-state index in [2.05, 4.69) is 46.4 Å². The second-order valence-corrected chi connectivity index (χ2v) is 9.57. The minimum Gasteiger partial charge on any atom is -0.492 e. The topological polar surface area (TPSA) is 67.6 Å².